The highest BCUT2D eigenvalue weighted by atomic mass is 16.5. The van der Waals surface area contributed by atoms with Gasteiger partial charge < -0.3 is 24.0 Å². The van der Waals surface area contributed by atoms with Gasteiger partial charge in [0, 0.05) is 43.6 Å². The molecule has 11 heteroatoms. The molecule has 4 heterocycles. The summed E-state index contributed by atoms with van der Waals surface area (Å²) in [5, 5.41) is 16.7. The highest BCUT2D eigenvalue weighted by Gasteiger charge is 2.58. The molecule has 2 N–H and O–H groups in total. The van der Waals surface area contributed by atoms with E-state index in [1.807, 2.05) is 18.2 Å². The predicted molar refractivity (Wildman–Crippen MR) is 155 cm³/mol. The number of rotatable bonds is 7. The summed E-state index contributed by atoms with van der Waals surface area (Å²) in [6.07, 6.45) is 5.03. The van der Waals surface area contributed by atoms with Crippen molar-refractivity contribution in [2.45, 2.75) is 74.8 Å². The van der Waals surface area contributed by atoms with Crippen LogP contribution in [0, 0.1) is 17.2 Å². The number of hydrogen-bond donors (Lipinski definition) is 2. The van der Waals surface area contributed by atoms with Crippen molar-refractivity contribution in [1.82, 2.24) is 25.3 Å². The zero-order valence-electron chi connectivity index (χ0n) is 24.6. The number of carbonyl (C=O) groups excluding carboxylic acids is 2. The number of carbonyl (C=O) groups is 2. The number of piperazine rings is 1. The molecule has 4 fully saturated rings. The van der Waals surface area contributed by atoms with E-state index in [0.29, 0.717) is 45.1 Å². The van der Waals surface area contributed by atoms with E-state index in [1.165, 1.54) is 6.08 Å². The maximum atomic E-state index is 14.4. The van der Waals surface area contributed by atoms with Crippen molar-refractivity contribution >= 4 is 11.7 Å². The minimum atomic E-state index is -0.917. The van der Waals surface area contributed by atoms with Crippen molar-refractivity contribution in [3.63, 3.8) is 0 Å². The molecule has 1 saturated carbocycles. The maximum Gasteiger partial charge on any atom is 0.246 e. The lowest BCUT2D eigenvalue weighted by molar-refractivity contribution is -0.157. The third-order valence-corrected chi connectivity index (χ3v) is 9.97. The number of methoxy groups -OCH3 is 1. The molecule has 0 radical (unpaired) electrons. The van der Waals surface area contributed by atoms with Gasteiger partial charge in [0.2, 0.25) is 5.91 Å². The Bertz CT molecular complexity index is 1250. The summed E-state index contributed by atoms with van der Waals surface area (Å²) in [6, 6.07) is 7.61. The largest absolute Gasteiger partial charge is 0.497 e. The Labute approximate surface area is 247 Å². The van der Waals surface area contributed by atoms with Crippen LogP contribution in [0.15, 0.2) is 30.9 Å². The smallest absolute Gasteiger partial charge is 0.246 e. The highest BCUT2D eigenvalue weighted by Crippen LogP contribution is 2.45. The number of nitrogens with one attached hydrogen (secondary N) is 2. The lowest BCUT2D eigenvalue weighted by Crippen LogP contribution is -2.75. The van der Waals surface area contributed by atoms with Gasteiger partial charge in [-0.15, -0.1) is 0 Å². The summed E-state index contributed by atoms with van der Waals surface area (Å²) >= 11 is 0. The monoisotopic (exact) mass is 578 g/mol. The number of benzene rings is 1. The number of nitriles is 1. The average molecular weight is 579 g/mol. The fourth-order valence-corrected chi connectivity index (χ4v) is 7.64. The average Bonchev–Trinajstić information content (AvgIpc) is 3.60. The Kier molecular flexibility index (Phi) is 8.26. The van der Waals surface area contributed by atoms with Crippen molar-refractivity contribution in [1.29, 1.82) is 5.26 Å². The minimum absolute atomic E-state index is 0.0247. The number of ketones is 1. The number of likely N-dealkylation sites (tertiary alicyclic amines) is 1. The molecule has 3 saturated heterocycles. The molecule has 42 heavy (non-hydrogen) atoms. The summed E-state index contributed by atoms with van der Waals surface area (Å²) in [5.74, 6) is 1.37. The molecule has 226 valence electrons. The van der Waals surface area contributed by atoms with Crippen LogP contribution in [0.3, 0.4) is 0 Å². The van der Waals surface area contributed by atoms with Crippen molar-refractivity contribution < 1.29 is 23.8 Å². The minimum Gasteiger partial charge on any atom is -0.497 e. The first-order chi connectivity index (χ1) is 20.4. The van der Waals surface area contributed by atoms with Crippen molar-refractivity contribution in [2.24, 2.45) is 5.92 Å². The quantitative estimate of drug-likeness (QED) is 0.458. The van der Waals surface area contributed by atoms with Gasteiger partial charge in [-0.1, -0.05) is 6.58 Å². The van der Waals surface area contributed by atoms with E-state index >= 15 is 0 Å². The van der Waals surface area contributed by atoms with Crippen LogP contribution in [0.2, 0.25) is 0 Å². The second-order valence-corrected chi connectivity index (χ2v) is 12.3. The van der Waals surface area contributed by atoms with Crippen LogP contribution in [0.1, 0.15) is 37.7 Å². The number of ether oxygens (including phenoxy) is 3. The Morgan fingerprint density at radius 1 is 1.26 bits per heavy atom. The van der Waals surface area contributed by atoms with Gasteiger partial charge in [0.15, 0.2) is 17.7 Å². The molecule has 11 nitrogen and oxygen atoms in total. The summed E-state index contributed by atoms with van der Waals surface area (Å²) in [6.45, 7) is 6.92. The standard InChI is InChI=1S/C31H42N6O5/c1-4-26(38)37-15-14-36(18-21(37)10-12-32)29-24-9-11-31(17-20-16-23(40-3)7-8-25(20)42-31)28(39)27(24)33-30(34-29)41-19-22-6-5-13-35(22)2/h4,7-8,16,21-22,24,27,29-30,33-34H,1,5-6,9-11,13-15,17-19H2,2-3H3/t21?,22?,24?,27?,29?,30?,31-/m1/s1. The van der Waals surface area contributed by atoms with Crippen LogP contribution in [0.4, 0.5) is 0 Å². The van der Waals surface area contributed by atoms with E-state index in [1.54, 1.807) is 12.0 Å². The molecule has 6 unspecified atom stereocenters. The van der Waals surface area contributed by atoms with E-state index in [4.69, 9.17) is 14.2 Å². The summed E-state index contributed by atoms with van der Waals surface area (Å²) in [5.41, 5.74) is 0.0745. The number of fused-ring (bicyclic) bond motifs is 2. The van der Waals surface area contributed by atoms with Gasteiger partial charge >= 0.3 is 0 Å². The first-order valence-corrected chi connectivity index (χ1v) is 15.1. The van der Waals surface area contributed by atoms with Crippen LogP contribution in [0.25, 0.3) is 0 Å². The van der Waals surface area contributed by atoms with Gasteiger partial charge in [-0.05, 0) is 63.6 Å². The number of likely N-dealkylation sites (N-methyl/N-ethyl adjacent to an activating group) is 1. The SMILES string of the molecule is C=CC(=O)N1CCN(C2NC(OCC3CCCN3C)NC3C(=O)[C@@]4(CCC32)Cc2cc(OC)ccc2O4)CC1CC#N. The maximum absolute atomic E-state index is 14.4. The van der Waals surface area contributed by atoms with Crippen LogP contribution in [-0.2, 0) is 20.7 Å². The Hall–Kier alpha value is -3.01. The molecule has 1 spiro atoms. The van der Waals surface area contributed by atoms with Crippen LogP contribution >= 0.6 is 0 Å². The Morgan fingerprint density at radius 3 is 2.86 bits per heavy atom. The summed E-state index contributed by atoms with van der Waals surface area (Å²) in [4.78, 5) is 33.3. The summed E-state index contributed by atoms with van der Waals surface area (Å²) < 4.78 is 18.3. The molecule has 6 rings (SSSR count). The van der Waals surface area contributed by atoms with Gasteiger partial charge in [0.1, 0.15) is 11.5 Å². The Morgan fingerprint density at radius 2 is 2.12 bits per heavy atom. The van der Waals surface area contributed by atoms with Crippen LogP contribution < -0.4 is 20.1 Å². The molecule has 1 aliphatic carbocycles. The molecule has 5 aliphatic rings. The molecule has 1 aromatic carbocycles. The van der Waals surface area contributed by atoms with E-state index < -0.39 is 18.0 Å². The van der Waals surface area contributed by atoms with Crippen LogP contribution in [0.5, 0.6) is 11.5 Å². The fourth-order valence-electron chi connectivity index (χ4n) is 7.64. The highest BCUT2D eigenvalue weighted by molar-refractivity contribution is 5.95. The zero-order valence-corrected chi connectivity index (χ0v) is 24.6. The molecular formula is C31H42N6O5. The lowest BCUT2D eigenvalue weighted by atomic mass is 9.70. The Balaban J connectivity index is 1.24. The first-order valence-electron chi connectivity index (χ1n) is 15.1. The molecule has 0 bridgehead atoms. The third kappa shape index (κ3) is 5.31. The van der Waals surface area contributed by atoms with E-state index in [2.05, 4.69) is 40.1 Å². The first kappa shape index (κ1) is 29.1. The number of hydrogen-bond acceptors (Lipinski definition) is 10. The second kappa shape index (κ2) is 11.9. The molecule has 0 aromatic heterocycles. The zero-order chi connectivity index (χ0) is 29.4. The number of Topliss-reactive ketones (excluding diaryl/α,β-unsaturated/α-hetero) is 1. The van der Waals surface area contributed by atoms with Gasteiger partial charge in [0.25, 0.3) is 0 Å². The van der Waals surface area contributed by atoms with E-state index in [0.717, 1.165) is 42.9 Å². The van der Waals surface area contributed by atoms with Gasteiger partial charge in [-0.3, -0.25) is 25.1 Å². The van der Waals surface area contributed by atoms with Crippen LogP contribution in [-0.4, -0.2) is 110 Å². The fraction of sp³-hybridized carbons (Fsp3) is 0.645. The number of nitrogens with zero attached hydrogens (tertiary/aromatic N) is 4. The predicted octanol–water partition coefficient (Wildman–Crippen LogP) is 1.24. The van der Waals surface area contributed by atoms with Gasteiger partial charge in [0.05, 0.1) is 44.5 Å². The van der Waals surface area contributed by atoms with Gasteiger partial charge in [-0.2, -0.15) is 5.26 Å². The lowest BCUT2D eigenvalue weighted by Gasteiger charge is -2.53. The molecular weight excluding hydrogens is 536 g/mol. The van der Waals surface area contributed by atoms with E-state index in [9.17, 15) is 14.9 Å². The van der Waals surface area contributed by atoms with Crippen molar-refractivity contribution in [2.75, 3.05) is 46.9 Å². The molecule has 1 aromatic rings. The summed E-state index contributed by atoms with van der Waals surface area (Å²) in [7, 11) is 3.76. The normalized spacial score (nSPS) is 34.9. The van der Waals surface area contributed by atoms with Crippen molar-refractivity contribution in [3.05, 3.63) is 36.4 Å². The third-order valence-electron chi connectivity index (χ3n) is 9.97. The van der Waals surface area contributed by atoms with E-state index in [-0.39, 0.29) is 36.2 Å². The van der Waals surface area contributed by atoms with Gasteiger partial charge in [-0.25, -0.2) is 0 Å². The topological polar surface area (TPSA) is 119 Å². The van der Waals surface area contributed by atoms with Crippen molar-refractivity contribution in [3.8, 4) is 17.6 Å². The molecule has 1 amide bonds. The second-order valence-electron chi connectivity index (χ2n) is 12.3. The number of amides is 1. The molecule has 7 atom stereocenters. The molecule has 4 aliphatic heterocycles.